The van der Waals surface area contributed by atoms with E-state index in [1.54, 1.807) is 0 Å². The highest BCUT2D eigenvalue weighted by molar-refractivity contribution is 5.74. The molecule has 86 valence electrons. The second-order valence-electron chi connectivity index (χ2n) is 4.91. The lowest BCUT2D eigenvalue weighted by molar-refractivity contribution is 0.148. The van der Waals surface area contributed by atoms with Gasteiger partial charge in [0.1, 0.15) is 0 Å². The molecule has 1 N–H and O–H groups in total. The summed E-state index contributed by atoms with van der Waals surface area (Å²) in [5, 5.41) is 3.04. The van der Waals surface area contributed by atoms with E-state index >= 15 is 0 Å². The molecule has 2 rings (SSSR count). The summed E-state index contributed by atoms with van der Waals surface area (Å²) in [5.41, 5.74) is 0. The van der Waals surface area contributed by atoms with Crippen molar-refractivity contribution in [2.24, 2.45) is 0 Å². The maximum atomic E-state index is 11.7. The molecule has 0 bridgehead atoms. The minimum absolute atomic E-state index is 0.148. The van der Waals surface area contributed by atoms with Crippen molar-refractivity contribution < 1.29 is 4.79 Å². The summed E-state index contributed by atoms with van der Waals surface area (Å²) in [5.74, 6) is 0. The van der Waals surface area contributed by atoms with Crippen molar-refractivity contribution in [2.75, 3.05) is 27.2 Å². The van der Waals surface area contributed by atoms with Gasteiger partial charge in [0.2, 0.25) is 0 Å². The topological polar surface area (TPSA) is 35.6 Å². The van der Waals surface area contributed by atoms with Crippen LogP contribution >= 0.6 is 0 Å². The van der Waals surface area contributed by atoms with Crippen molar-refractivity contribution in [3.63, 3.8) is 0 Å². The maximum absolute atomic E-state index is 11.7. The monoisotopic (exact) mass is 211 g/mol. The van der Waals surface area contributed by atoms with Crippen LogP contribution in [0, 0.1) is 0 Å². The molecule has 2 fully saturated rings. The van der Waals surface area contributed by atoms with Crippen LogP contribution in [0.25, 0.3) is 0 Å². The molecule has 1 saturated carbocycles. The molecular formula is C11H21N3O. The molecule has 1 heterocycles. The third-order valence-electron chi connectivity index (χ3n) is 3.39. The van der Waals surface area contributed by atoms with Crippen LogP contribution in [0.4, 0.5) is 4.79 Å². The lowest BCUT2D eigenvalue weighted by atomic mass is 10.0. The van der Waals surface area contributed by atoms with E-state index < -0.39 is 0 Å². The number of urea groups is 1. The van der Waals surface area contributed by atoms with Gasteiger partial charge in [0.15, 0.2) is 0 Å². The molecule has 2 amide bonds. The fourth-order valence-corrected chi connectivity index (χ4v) is 2.08. The van der Waals surface area contributed by atoms with Crippen LogP contribution in [0.5, 0.6) is 0 Å². The van der Waals surface area contributed by atoms with E-state index in [-0.39, 0.29) is 6.03 Å². The number of amides is 2. The second kappa shape index (κ2) is 4.39. The molecular weight excluding hydrogens is 190 g/mol. The van der Waals surface area contributed by atoms with Crippen molar-refractivity contribution in [1.29, 1.82) is 0 Å². The summed E-state index contributed by atoms with van der Waals surface area (Å²) in [6, 6.07) is 1.27. The molecule has 0 radical (unpaired) electrons. The molecule has 15 heavy (non-hydrogen) atoms. The van der Waals surface area contributed by atoms with Crippen LogP contribution in [0.3, 0.4) is 0 Å². The van der Waals surface area contributed by atoms with Crippen LogP contribution in [-0.2, 0) is 0 Å². The molecule has 1 aliphatic carbocycles. The van der Waals surface area contributed by atoms with Crippen LogP contribution in [0.2, 0.25) is 0 Å². The van der Waals surface area contributed by atoms with E-state index in [1.807, 2.05) is 4.90 Å². The smallest absolute Gasteiger partial charge is 0.317 e. The van der Waals surface area contributed by atoms with Crippen molar-refractivity contribution in [3.05, 3.63) is 0 Å². The van der Waals surface area contributed by atoms with Crippen molar-refractivity contribution in [3.8, 4) is 0 Å². The van der Waals surface area contributed by atoms with E-state index in [2.05, 4.69) is 24.3 Å². The number of nitrogens with zero attached hydrogens (tertiary/aromatic N) is 2. The highest BCUT2D eigenvalue weighted by Gasteiger charge is 2.28. The molecule has 1 aliphatic heterocycles. The van der Waals surface area contributed by atoms with Gasteiger partial charge in [0, 0.05) is 25.2 Å². The highest BCUT2D eigenvalue weighted by atomic mass is 16.2. The predicted octanol–water partition coefficient (Wildman–Crippen LogP) is 0.884. The molecule has 0 spiro atoms. The van der Waals surface area contributed by atoms with Gasteiger partial charge in [0.05, 0.1) is 0 Å². The Hall–Kier alpha value is -0.770. The van der Waals surface area contributed by atoms with Gasteiger partial charge in [0.25, 0.3) is 0 Å². The van der Waals surface area contributed by atoms with Gasteiger partial charge in [-0.05, 0) is 39.8 Å². The van der Waals surface area contributed by atoms with Gasteiger partial charge >= 0.3 is 6.03 Å². The van der Waals surface area contributed by atoms with Gasteiger partial charge in [-0.25, -0.2) is 4.79 Å². The molecule has 0 unspecified atom stereocenters. The number of likely N-dealkylation sites (tertiary alicyclic amines) is 1. The SMILES string of the molecule is CN(C)C1CCN(C(=O)NC2CC2)CC1. The van der Waals surface area contributed by atoms with Crippen molar-refractivity contribution >= 4 is 6.03 Å². The molecule has 2 aliphatic rings. The molecule has 4 heteroatoms. The number of rotatable bonds is 2. The summed E-state index contributed by atoms with van der Waals surface area (Å²) in [7, 11) is 4.23. The molecule has 0 aromatic rings. The first kappa shape index (κ1) is 10.7. The number of hydrogen-bond acceptors (Lipinski definition) is 2. The third kappa shape index (κ3) is 2.84. The summed E-state index contributed by atoms with van der Waals surface area (Å²) >= 11 is 0. The largest absolute Gasteiger partial charge is 0.335 e. The zero-order chi connectivity index (χ0) is 10.8. The van der Waals surface area contributed by atoms with E-state index in [9.17, 15) is 4.79 Å². The number of nitrogens with one attached hydrogen (secondary N) is 1. The molecule has 0 aromatic heterocycles. The molecule has 1 saturated heterocycles. The van der Waals surface area contributed by atoms with Crippen LogP contribution in [-0.4, -0.2) is 55.1 Å². The Morgan fingerprint density at radius 2 is 1.80 bits per heavy atom. The summed E-state index contributed by atoms with van der Waals surface area (Å²) < 4.78 is 0. The number of carbonyl (C=O) groups excluding carboxylic acids is 1. The van der Waals surface area contributed by atoms with Crippen molar-refractivity contribution in [2.45, 2.75) is 37.8 Å². The Morgan fingerprint density at radius 3 is 2.27 bits per heavy atom. The Bertz CT molecular complexity index is 230. The van der Waals surface area contributed by atoms with Gasteiger partial charge in [-0.2, -0.15) is 0 Å². The highest BCUT2D eigenvalue weighted by Crippen LogP contribution is 2.20. The van der Waals surface area contributed by atoms with Gasteiger partial charge < -0.3 is 15.1 Å². The number of piperidine rings is 1. The minimum Gasteiger partial charge on any atom is -0.335 e. The molecule has 0 atom stereocenters. The first-order chi connectivity index (χ1) is 7.16. The Kier molecular flexibility index (Phi) is 3.14. The zero-order valence-corrected chi connectivity index (χ0v) is 9.70. The number of hydrogen-bond donors (Lipinski definition) is 1. The van der Waals surface area contributed by atoms with Gasteiger partial charge in [-0.1, -0.05) is 0 Å². The first-order valence-corrected chi connectivity index (χ1v) is 5.88. The van der Waals surface area contributed by atoms with Crippen LogP contribution < -0.4 is 5.32 Å². The number of carbonyl (C=O) groups is 1. The third-order valence-corrected chi connectivity index (χ3v) is 3.39. The minimum atomic E-state index is 0.148. The quantitative estimate of drug-likeness (QED) is 0.736. The summed E-state index contributed by atoms with van der Waals surface area (Å²) in [6.07, 6.45) is 4.54. The Balaban J connectivity index is 1.74. The lowest BCUT2D eigenvalue weighted by Gasteiger charge is -2.35. The van der Waals surface area contributed by atoms with Crippen LogP contribution in [0.1, 0.15) is 25.7 Å². The fraction of sp³-hybridized carbons (Fsp3) is 0.909. The van der Waals surface area contributed by atoms with E-state index in [0.29, 0.717) is 12.1 Å². The average molecular weight is 211 g/mol. The van der Waals surface area contributed by atoms with E-state index in [4.69, 9.17) is 0 Å². The first-order valence-electron chi connectivity index (χ1n) is 5.88. The summed E-state index contributed by atoms with van der Waals surface area (Å²) in [4.78, 5) is 15.9. The fourth-order valence-electron chi connectivity index (χ4n) is 2.08. The zero-order valence-electron chi connectivity index (χ0n) is 9.70. The van der Waals surface area contributed by atoms with E-state index in [1.165, 1.54) is 12.8 Å². The summed E-state index contributed by atoms with van der Waals surface area (Å²) in [6.45, 7) is 1.81. The lowest BCUT2D eigenvalue weighted by Crippen LogP contribution is -2.48. The van der Waals surface area contributed by atoms with Crippen molar-refractivity contribution in [1.82, 2.24) is 15.1 Å². The molecule has 4 nitrogen and oxygen atoms in total. The predicted molar refractivity (Wildman–Crippen MR) is 59.8 cm³/mol. The second-order valence-corrected chi connectivity index (χ2v) is 4.91. The van der Waals surface area contributed by atoms with Gasteiger partial charge in [-0.3, -0.25) is 0 Å². The Labute approximate surface area is 91.6 Å². The van der Waals surface area contributed by atoms with Gasteiger partial charge in [-0.15, -0.1) is 0 Å². The van der Waals surface area contributed by atoms with E-state index in [0.717, 1.165) is 25.9 Å². The standard InChI is InChI=1S/C11H21N3O/c1-13(2)10-5-7-14(8-6-10)11(15)12-9-3-4-9/h9-10H,3-8H2,1-2H3,(H,12,15). The average Bonchev–Trinajstić information content (AvgIpc) is 3.02. The Morgan fingerprint density at radius 1 is 1.20 bits per heavy atom. The molecule has 0 aromatic carbocycles. The maximum Gasteiger partial charge on any atom is 0.317 e. The van der Waals surface area contributed by atoms with Crippen LogP contribution in [0.15, 0.2) is 0 Å². The normalized spacial score (nSPS) is 23.3.